The Hall–Kier alpha value is -2.63. The first-order valence-electron chi connectivity index (χ1n) is 7.88. The molecule has 120 valence electrons. The SMILES string of the molecule is O=C(CCOc1ccccc1)Nc1ccc(N2CCCC2)nn1. The number of hydrogen-bond donors (Lipinski definition) is 1. The number of amides is 1. The van der Waals surface area contributed by atoms with E-state index in [1.165, 1.54) is 12.8 Å². The molecular weight excluding hydrogens is 292 g/mol. The Kier molecular flexibility index (Phi) is 5.03. The van der Waals surface area contributed by atoms with Crippen molar-refractivity contribution < 1.29 is 9.53 Å². The normalized spacial score (nSPS) is 13.8. The maximum atomic E-state index is 11.9. The number of carbonyl (C=O) groups excluding carboxylic acids is 1. The molecule has 0 unspecified atom stereocenters. The van der Waals surface area contributed by atoms with E-state index in [1.807, 2.05) is 36.4 Å². The topological polar surface area (TPSA) is 67.3 Å². The van der Waals surface area contributed by atoms with E-state index in [2.05, 4.69) is 20.4 Å². The molecule has 1 aliphatic rings. The van der Waals surface area contributed by atoms with Gasteiger partial charge in [0.05, 0.1) is 13.0 Å². The lowest BCUT2D eigenvalue weighted by Crippen LogP contribution is -2.20. The number of carbonyl (C=O) groups is 1. The van der Waals surface area contributed by atoms with E-state index in [0.717, 1.165) is 24.7 Å². The summed E-state index contributed by atoms with van der Waals surface area (Å²) in [5.41, 5.74) is 0. The van der Waals surface area contributed by atoms with E-state index < -0.39 is 0 Å². The molecule has 1 aromatic carbocycles. The fraction of sp³-hybridized carbons (Fsp3) is 0.353. The second-order valence-corrected chi connectivity index (χ2v) is 5.43. The number of ether oxygens (including phenoxy) is 1. The van der Waals surface area contributed by atoms with Gasteiger partial charge in [-0.05, 0) is 37.1 Å². The van der Waals surface area contributed by atoms with E-state index in [0.29, 0.717) is 12.4 Å². The highest BCUT2D eigenvalue weighted by atomic mass is 16.5. The van der Waals surface area contributed by atoms with E-state index >= 15 is 0 Å². The Balaban J connectivity index is 1.44. The van der Waals surface area contributed by atoms with Crippen molar-refractivity contribution in [1.29, 1.82) is 0 Å². The molecule has 3 rings (SSSR count). The number of benzene rings is 1. The van der Waals surface area contributed by atoms with E-state index in [4.69, 9.17) is 4.74 Å². The summed E-state index contributed by atoms with van der Waals surface area (Å²) in [5, 5.41) is 11.0. The molecule has 0 atom stereocenters. The predicted octanol–water partition coefficient (Wildman–Crippen LogP) is 2.48. The van der Waals surface area contributed by atoms with Gasteiger partial charge < -0.3 is 15.0 Å². The van der Waals surface area contributed by atoms with Crippen LogP contribution in [0.2, 0.25) is 0 Å². The highest BCUT2D eigenvalue weighted by Crippen LogP contribution is 2.17. The molecule has 1 amide bonds. The number of para-hydroxylation sites is 1. The molecule has 2 heterocycles. The van der Waals surface area contributed by atoms with Crippen molar-refractivity contribution in [2.45, 2.75) is 19.3 Å². The zero-order chi connectivity index (χ0) is 15.9. The summed E-state index contributed by atoms with van der Waals surface area (Å²) in [7, 11) is 0. The van der Waals surface area contributed by atoms with Gasteiger partial charge in [-0.3, -0.25) is 4.79 Å². The second-order valence-electron chi connectivity index (χ2n) is 5.43. The van der Waals surface area contributed by atoms with Gasteiger partial charge in [-0.2, -0.15) is 0 Å². The summed E-state index contributed by atoms with van der Waals surface area (Å²) in [6.07, 6.45) is 2.66. The van der Waals surface area contributed by atoms with Crippen LogP contribution in [0.3, 0.4) is 0 Å². The molecule has 1 N–H and O–H groups in total. The first kappa shape index (κ1) is 15.3. The molecule has 0 bridgehead atoms. The van der Waals surface area contributed by atoms with Crippen LogP contribution in [0.15, 0.2) is 42.5 Å². The minimum Gasteiger partial charge on any atom is -0.493 e. The van der Waals surface area contributed by atoms with Crippen molar-refractivity contribution in [3.05, 3.63) is 42.5 Å². The smallest absolute Gasteiger partial charge is 0.229 e. The summed E-state index contributed by atoms with van der Waals surface area (Å²) in [6.45, 7) is 2.38. The van der Waals surface area contributed by atoms with Gasteiger partial charge in [0.1, 0.15) is 5.75 Å². The summed E-state index contributed by atoms with van der Waals surface area (Å²) in [5.74, 6) is 1.96. The fourth-order valence-electron chi connectivity index (χ4n) is 2.49. The summed E-state index contributed by atoms with van der Waals surface area (Å²) >= 11 is 0. The predicted molar refractivity (Wildman–Crippen MR) is 88.7 cm³/mol. The van der Waals surface area contributed by atoms with E-state index in [-0.39, 0.29) is 12.3 Å². The van der Waals surface area contributed by atoms with Crippen molar-refractivity contribution in [3.63, 3.8) is 0 Å². The molecule has 1 saturated heterocycles. The van der Waals surface area contributed by atoms with Gasteiger partial charge in [-0.25, -0.2) is 0 Å². The third kappa shape index (κ3) is 4.42. The van der Waals surface area contributed by atoms with Crippen LogP contribution in [0.5, 0.6) is 5.75 Å². The summed E-state index contributed by atoms with van der Waals surface area (Å²) in [4.78, 5) is 14.1. The second kappa shape index (κ2) is 7.58. The lowest BCUT2D eigenvalue weighted by molar-refractivity contribution is -0.116. The Morgan fingerprint density at radius 1 is 1.09 bits per heavy atom. The molecule has 0 aliphatic carbocycles. The summed E-state index contributed by atoms with van der Waals surface area (Å²) in [6, 6.07) is 13.1. The fourth-order valence-corrected chi connectivity index (χ4v) is 2.49. The average molecular weight is 312 g/mol. The molecule has 0 radical (unpaired) electrons. The zero-order valence-electron chi connectivity index (χ0n) is 12.9. The first-order valence-corrected chi connectivity index (χ1v) is 7.88. The number of nitrogens with one attached hydrogen (secondary N) is 1. The van der Waals surface area contributed by atoms with Gasteiger partial charge in [-0.15, -0.1) is 10.2 Å². The van der Waals surface area contributed by atoms with Crippen molar-refractivity contribution in [3.8, 4) is 5.75 Å². The molecule has 0 saturated carbocycles. The molecule has 0 spiro atoms. The number of rotatable bonds is 6. The van der Waals surface area contributed by atoms with Crippen molar-refractivity contribution in [1.82, 2.24) is 10.2 Å². The molecular formula is C17H20N4O2. The number of anilines is 2. The Morgan fingerprint density at radius 2 is 1.87 bits per heavy atom. The molecule has 6 nitrogen and oxygen atoms in total. The van der Waals surface area contributed by atoms with E-state index in [9.17, 15) is 4.79 Å². The van der Waals surface area contributed by atoms with Crippen LogP contribution in [0.1, 0.15) is 19.3 Å². The zero-order valence-corrected chi connectivity index (χ0v) is 12.9. The van der Waals surface area contributed by atoms with Crippen LogP contribution >= 0.6 is 0 Å². The van der Waals surface area contributed by atoms with Gasteiger partial charge in [0, 0.05) is 13.1 Å². The highest BCUT2D eigenvalue weighted by Gasteiger charge is 2.14. The lowest BCUT2D eigenvalue weighted by Gasteiger charge is -2.15. The van der Waals surface area contributed by atoms with Crippen LogP contribution in [0, 0.1) is 0 Å². The minimum absolute atomic E-state index is 0.135. The van der Waals surface area contributed by atoms with Gasteiger partial charge in [0.2, 0.25) is 5.91 Å². The van der Waals surface area contributed by atoms with Gasteiger partial charge in [0.25, 0.3) is 0 Å². The van der Waals surface area contributed by atoms with Gasteiger partial charge in [0.15, 0.2) is 11.6 Å². The largest absolute Gasteiger partial charge is 0.493 e. The van der Waals surface area contributed by atoms with Crippen molar-refractivity contribution in [2.24, 2.45) is 0 Å². The maximum absolute atomic E-state index is 11.9. The number of hydrogen-bond acceptors (Lipinski definition) is 5. The lowest BCUT2D eigenvalue weighted by atomic mass is 10.3. The highest BCUT2D eigenvalue weighted by molar-refractivity contribution is 5.89. The molecule has 6 heteroatoms. The molecule has 23 heavy (non-hydrogen) atoms. The Bertz CT molecular complexity index is 625. The molecule has 1 aromatic heterocycles. The van der Waals surface area contributed by atoms with Crippen molar-refractivity contribution >= 4 is 17.5 Å². The van der Waals surface area contributed by atoms with Crippen LogP contribution in [0.4, 0.5) is 11.6 Å². The third-order valence-corrected chi connectivity index (χ3v) is 3.69. The minimum atomic E-state index is -0.135. The monoisotopic (exact) mass is 312 g/mol. The van der Waals surface area contributed by atoms with Crippen LogP contribution in [0.25, 0.3) is 0 Å². The van der Waals surface area contributed by atoms with E-state index in [1.54, 1.807) is 6.07 Å². The maximum Gasteiger partial charge on any atom is 0.229 e. The Morgan fingerprint density at radius 3 is 2.57 bits per heavy atom. The van der Waals surface area contributed by atoms with Gasteiger partial charge in [-0.1, -0.05) is 18.2 Å². The number of aromatic nitrogens is 2. The molecule has 2 aromatic rings. The average Bonchev–Trinajstić information content (AvgIpc) is 3.11. The standard InChI is InChI=1S/C17H20N4O2/c22-17(10-13-23-14-6-2-1-3-7-14)18-15-8-9-16(20-19-15)21-11-4-5-12-21/h1-3,6-9H,4-5,10-13H2,(H,18,19,22). The molecule has 1 aliphatic heterocycles. The Labute approximate surface area is 135 Å². The third-order valence-electron chi connectivity index (χ3n) is 3.69. The van der Waals surface area contributed by atoms with Gasteiger partial charge >= 0.3 is 0 Å². The molecule has 1 fully saturated rings. The number of nitrogens with zero attached hydrogens (tertiary/aromatic N) is 3. The first-order chi connectivity index (χ1) is 11.3. The van der Waals surface area contributed by atoms with Crippen LogP contribution in [-0.4, -0.2) is 35.8 Å². The summed E-state index contributed by atoms with van der Waals surface area (Å²) < 4.78 is 5.50. The van der Waals surface area contributed by atoms with Crippen molar-refractivity contribution in [2.75, 3.05) is 29.9 Å². The van der Waals surface area contributed by atoms with Crippen LogP contribution in [-0.2, 0) is 4.79 Å². The quantitative estimate of drug-likeness (QED) is 0.887. The van der Waals surface area contributed by atoms with Crippen LogP contribution < -0.4 is 15.0 Å².